The van der Waals surface area contributed by atoms with E-state index in [2.05, 4.69) is 15.5 Å². The summed E-state index contributed by atoms with van der Waals surface area (Å²) < 4.78 is 10.8. The molecule has 1 N–H and O–H groups in total. The minimum Gasteiger partial charge on any atom is -0.489 e. The number of para-hydroxylation sites is 1. The fourth-order valence-corrected chi connectivity index (χ4v) is 2.15. The standard InChI is InChI=1S/C14H11N3O3S/c18-13(16-14-17-15-9-21-14)12-10(6-7-19-12)8-20-11-4-2-1-3-5-11/h1-7,9H,8H2,(H,16,17,18). The molecular weight excluding hydrogens is 290 g/mol. The number of aromatic nitrogens is 2. The molecule has 1 amide bonds. The van der Waals surface area contributed by atoms with Crippen LogP contribution >= 0.6 is 11.3 Å². The van der Waals surface area contributed by atoms with Gasteiger partial charge in [0.15, 0.2) is 5.76 Å². The van der Waals surface area contributed by atoms with Gasteiger partial charge in [-0.15, -0.1) is 10.2 Å². The summed E-state index contributed by atoms with van der Waals surface area (Å²) in [5.74, 6) is 0.568. The van der Waals surface area contributed by atoms with E-state index in [0.29, 0.717) is 10.7 Å². The highest BCUT2D eigenvalue weighted by atomic mass is 32.1. The number of amides is 1. The topological polar surface area (TPSA) is 77.3 Å². The van der Waals surface area contributed by atoms with Gasteiger partial charge in [0, 0.05) is 5.56 Å². The van der Waals surface area contributed by atoms with Crippen LogP contribution in [0.4, 0.5) is 5.13 Å². The lowest BCUT2D eigenvalue weighted by molar-refractivity contribution is 0.0993. The fraction of sp³-hybridized carbons (Fsp3) is 0.0714. The van der Waals surface area contributed by atoms with Crippen molar-refractivity contribution >= 4 is 22.4 Å². The van der Waals surface area contributed by atoms with E-state index in [1.165, 1.54) is 23.1 Å². The van der Waals surface area contributed by atoms with E-state index in [1.54, 1.807) is 6.07 Å². The molecular formula is C14H11N3O3S. The first kappa shape index (κ1) is 13.3. The molecule has 0 atom stereocenters. The van der Waals surface area contributed by atoms with Crippen LogP contribution < -0.4 is 10.1 Å². The molecule has 0 saturated carbocycles. The number of rotatable bonds is 5. The van der Waals surface area contributed by atoms with Crippen LogP contribution in [0.25, 0.3) is 0 Å². The van der Waals surface area contributed by atoms with E-state index >= 15 is 0 Å². The van der Waals surface area contributed by atoms with E-state index in [-0.39, 0.29) is 18.3 Å². The second-order valence-corrected chi connectivity index (χ2v) is 4.91. The van der Waals surface area contributed by atoms with E-state index in [1.807, 2.05) is 30.3 Å². The SMILES string of the molecule is O=C(Nc1nncs1)c1occc1COc1ccccc1. The molecule has 106 valence electrons. The zero-order valence-corrected chi connectivity index (χ0v) is 11.7. The maximum absolute atomic E-state index is 12.1. The molecule has 0 saturated heterocycles. The lowest BCUT2D eigenvalue weighted by Crippen LogP contribution is -2.13. The Morgan fingerprint density at radius 1 is 1.29 bits per heavy atom. The maximum Gasteiger partial charge on any atom is 0.293 e. The molecule has 1 aromatic carbocycles. The van der Waals surface area contributed by atoms with Crippen LogP contribution in [0.15, 0.2) is 52.6 Å². The lowest BCUT2D eigenvalue weighted by atomic mass is 10.2. The van der Waals surface area contributed by atoms with E-state index in [9.17, 15) is 4.79 Å². The van der Waals surface area contributed by atoms with Crippen LogP contribution in [0.2, 0.25) is 0 Å². The predicted octanol–water partition coefficient (Wildman–Crippen LogP) is 2.96. The van der Waals surface area contributed by atoms with Gasteiger partial charge in [0.1, 0.15) is 17.9 Å². The van der Waals surface area contributed by atoms with Gasteiger partial charge >= 0.3 is 0 Å². The van der Waals surface area contributed by atoms with Crippen LogP contribution in [0.1, 0.15) is 16.1 Å². The van der Waals surface area contributed by atoms with Crippen molar-refractivity contribution in [1.82, 2.24) is 10.2 Å². The van der Waals surface area contributed by atoms with Crippen molar-refractivity contribution in [2.45, 2.75) is 6.61 Å². The van der Waals surface area contributed by atoms with Gasteiger partial charge in [-0.2, -0.15) is 0 Å². The van der Waals surface area contributed by atoms with Crippen LogP contribution in [0.5, 0.6) is 5.75 Å². The summed E-state index contributed by atoms with van der Waals surface area (Å²) in [6.07, 6.45) is 1.46. The zero-order valence-electron chi connectivity index (χ0n) is 10.9. The van der Waals surface area contributed by atoms with Gasteiger partial charge in [0.25, 0.3) is 5.91 Å². The summed E-state index contributed by atoms with van der Waals surface area (Å²) in [5.41, 5.74) is 2.21. The monoisotopic (exact) mass is 301 g/mol. The van der Waals surface area contributed by atoms with Crippen molar-refractivity contribution in [3.63, 3.8) is 0 Å². The molecule has 2 heterocycles. The van der Waals surface area contributed by atoms with Crippen molar-refractivity contribution in [1.29, 1.82) is 0 Å². The number of furan rings is 1. The number of anilines is 1. The van der Waals surface area contributed by atoms with Gasteiger partial charge in [-0.05, 0) is 18.2 Å². The predicted molar refractivity (Wildman–Crippen MR) is 77.3 cm³/mol. The molecule has 0 fully saturated rings. The largest absolute Gasteiger partial charge is 0.489 e. The molecule has 0 aliphatic rings. The average Bonchev–Trinajstić information content (AvgIpc) is 3.17. The molecule has 0 bridgehead atoms. The highest BCUT2D eigenvalue weighted by molar-refractivity contribution is 7.13. The lowest BCUT2D eigenvalue weighted by Gasteiger charge is -2.05. The van der Waals surface area contributed by atoms with E-state index in [0.717, 1.165) is 5.75 Å². The molecule has 0 radical (unpaired) electrons. The summed E-state index contributed by atoms with van der Waals surface area (Å²) in [6.45, 7) is 0.249. The number of hydrogen-bond acceptors (Lipinski definition) is 6. The van der Waals surface area contributed by atoms with E-state index < -0.39 is 0 Å². The molecule has 0 aliphatic carbocycles. The summed E-state index contributed by atoms with van der Waals surface area (Å²) >= 11 is 1.24. The number of ether oxygens (including phenoxy) is 1. The molecule has 3 rings (SSSR count). The quantitative estimate of drug-likeness (QED) is 0.784. The molecule has 21 heavy (non-hydrogen) atoms. The summed E-state index contributed by atoms with van der Waals surface area (Å²) in [7, 11) is 0. The first-order valence-electron chi connectivity index (χ1n) is 6.14. The number of carbonyl (C=O) groups is 1. The Bertz CT molecular complexity index is 710. The molecule has 3 aromatic rings. The Labute approximate surface area is 124 Å². The summed E-state index contributed by atoms with van der Waals surface area (Å²) in [4.78, 5) is 12.1. The molecule has 0 unspecified atom stereocenters. The average molecular weight is 301 g/mol. The van der Waals surface area contributed by atoms with Gasteiger partial charge in [0.05, 0.1) is 6.26 Å². The van der Waals surface area contributed by atoms with Crippen molar-refractivity contribution in [3.8, 4) is 5.75 Å². The third-order valence-electron chi connectivity index (χ3n) is 2.67. The first-order chi connectivity index (χ1) is 10.3. The summed E-state index contributed by atoms with van der Waals surface area (Å²) in [5, 5.41) is 10.4. The number of nitrogens with zero attached hydrogens (tertiary/aromatic N) is 2. The Hall–Kier alpha value is -2.67. The fourth-order valence-electron chi connectivity index (χ4n) is 1.71. The first-order valence-corrected chi connectivity index (χ1v) is 7.02. The van der Waals surface area contributed by atoms with Gasteiger partial charge in [-0.1, -0.05) is 29.5 Å². The van der Waals surface area contributed by atoms with Crippen molar-refractivity contribution in [2.24, 2.45) is 0 Å². The molecule has 2 aromatic heterocycles. The zero-order chi connectivity index (χ0) is 14.5. The summed E-state index contributed by atoms with van der Waals surface area (Å²) in [6, 6.07) is 11.1. The Morgan fingerprint density at radius 3 is 2.90 bits per heavy atom. The third kappa shape index (κ3) is 3.26. The second kappa shape index (κ2) is 6.19. The highest BCUT2D eigenvalue weighted by Gasteiger charge is 2.17. The van der Waals surface area contributed by atoms with Crippen LogP contribution in [0, 0.1) is 0 Å². The molecule has 0 spiro atoms. The highest BCUT2D eigenvalue weighted by Crippen LogP contribution is 2.17. The Balaban J connectivity index is 1.67. The third-order valence-corrected chi connectivity index (χ3v) is 3.28. The smallest absolute Gasteiger partial charge is 0.293 e. The van der Waals surface area contributed by atoms with E-state index in [4.69, 9.17) is 9.15 Å². The molecule has 0 aliphatic heterocycles. The van der Waals surface area contributed by atoms with Crippen LogP contribution in [-0.4, -0.2) is 16.1 Å². The van der Waals surface area contributed by atoms with Crippen molar-refractivity contribution in [2.75, 3.05) is 5.32 Å². The van der Waals surface area contributed by atoms with Crippen molar-refractivity contribution < 1.29 is 13.9 Å². The molecule has 6 nitrogen and oxygen atoms in total. The van der Waals surface area contributed by atoms with Crippen molar-refractivity contribution in [3.05, 3.63) is 59.5 Å². The van der Waals surface area contributed by atoms with Gasteiger partial charge < -0.3 is 9.15 Å². The van der Waals surface area contributed by atoms with Gasteiger partial charge in [-0.25, -0.2) is 0 Å². The van der Waals surface area contributed by atoms with Gasteiger partial charge in [-0.3, -0.25) is 10.1 Å². The van der Waals surface area contributed by atoms with Crippen LogP contribution in [-0.2, 0) is 6.61 Å². The number of nitrogens with one attached hydrogen (secondary N) is 1. The minimum atomic E-state index is -0.372. The van der Waals surface area contributed by atoms with Gasteiger partial charge in [0.2, 0.25) is 5.13 Å². The Morgan fingerprint density at radius 2 is 2.14 bits per heavy atom. The Kier molecular flexibility index (Phi) is 3.92. The minimum absolute atomic E-state index is 0.209. The second-order valence-electron chi connectivity index (χ2n) is 4.07. The number of benzene rings is 1. The normalized spacial score (nSPS) is 10.3. The number of carbonyl (C=O) groups excluding carboxylic acids is 1. The van der Waals surface area contributed by atoms with Crippen LogP contribution in [0.3, 0.4) is 0 Å². The number of hydrogen-bond donors (Lipinski definition) is 1. The maximum atomic E-state index is 12.1. The molecule has 7 heteroatoms.